The number of benzene rings is 1. The Balaban J connectivity index is 2.88. The molecule has 0 spiro atoms. The van der Waals surface area contributed by atoms with E-state index < -0.39 is 10.0 Å². The molecular formula is C13H22N2O4S. The molecule has 1 rings (SSSR count). The summed E-state index contributed by atoms with van der Waals surface area (Å²) >= 11 is 0. The smallest absolute Gasteiger partial charge is 0.240 e. The third-order valence-corrected chi connectivity index (χ3v) is 4.53. The second-order valence-electron chi connectivity index (χ2n) is 4.47. The van der Waals surface area contributed by atoms with Crippen molar-refractivity contribution in [1.82, 2.24) is 4.72 Å². The van der Waals surface area contributed by atoms with Crippen LogP contribution >= 0.6 is 0 Å². The van der Waals surface area contributed by atoms with Crippen LogP contribution in [0.4, 0.5) is 0 Å². The van der Waals surface area contributed by atoms with Crippen LogP contribution in [0, 0.1) is 6.92 Å². The minimum Gasteiger partial charge on any atom is -0.382 e. The summed E-state index contributed by atoms with van der Waals surface area (Å²) in [6.45, 7) is 2.52. The van der Waals surface area contributed by atoms with Crippen LogP contribution in [-0.4, -0.2) is 41.9 Å². The number of hydrogen-bond donors (Lipinski definition) is 2. The van der Waals surface area contributed by atoms with Crippen molar-refractivity contribution in [2.24, 2.45) is 5.73 Å². The maximum atomic E-state index is 12.3. The highest BCUT2D eigenvalue weighted by Gasteiger charge is 2.19. The van der Waals surface area contributed by atoms with Crippen LogP contribution in [0.25, 0.3) is 0 Å². The van der Waals surface area contributed by atoms with Gasteiger partial charge in [-0.1, -0.05) is 12.1 Å². The predicted molar refractivity (Wildman–Crippen MR) is 76.9 cm³/mol. The molecule has 1 atom stereocenters. The van der Waals surface area contributed by atoms with Crippen LogP contribution in [0.5, 0.6) is 0 Å². The second-order valence-corrected chi connectivity index (χ2v) is 6.20. The third kappa shape index (κ3) is 4.53. The Hall–Kier alpha value is -0.990. The summed E-state index contributed by atoms with van der Waals surface area (Å²) in [7, 11) is -0.539. The molecule has 0 heterocycles. The monoisotopic (exact) mass is 302 g/mol. The van der Waals surface area contributed by atoms with Crippen molar-refractivity contribution in [3.63, 3.8) is 0 Å². The summed E-state index contributed by atoms with van der Waals surface area (Å²) < 4.78 is 37.2. The first-order chi connectivity index (χ1) is 9.44. The summed E-state index contributed by atoms with van der Waals surface area (Å²) in [5.41, 5.74) is 6.99. The highest BCUT2D eigenvalue weighted by molar-refractivity contribution is 7.89. The van der Waals surface area contributed by atoms with Crippen LogP contribution < -0.4 is 10.5 Å². The summed E-state index contributed by atoms with van der Waals surface area (Å²) in [6, 6.07) is 5.16. The van der Waals surface area contributed by atoms with Crippen LogP contribution in [0.2, 0.25) is 0 Å². The SMILES string of the molecule is COCC(CNS(=O)(=O)c1cc(CN)ccc1C)OC. The molecule has 20 heavy (non-hydrogen) atoms. The minimum absolute atomic E-state index is 0.152. The molecule has 6 nitrogen and oxygen atoms in total. The highest BCUT2D eigenvalue weighted by Crippen LogP contribution is 2.16. The number of aryl methyl sites for hydroxylation is 1. The topological polar surface area (TPSA) is 90.7 Å². The first kappa shape index (κ1) is 17.1. The van der Waals surface area contributed by atoms with Gasteiger partial charge in [0, 0.05) is 27.3 Å². The molecule has 3 N–H and O–H groups in total. The molecular weight excluding hydrogens is 280 g/mol. The molecule has 0 saturated carbocycles. The van der Waals surface area contributed by atoms with Crippen molar-refractivity contribution >= 4 is 10.0 Å². The zero-order valence-corrected chi connectivity index (χ0v) is 12.9. The van der Waals surface area contributed by atoms with Gasteiger partial charge in [0.1, 0.15) is 0 Å². The average Bonchev–Trinajstić information content (AvgIpc) is 2.43. The number of sulfonamides is 1. The summed E-state index contributed by atoms with van der Waals surface area (Å²) in [5, 5.41) is 0. The van der Waals surface area contributed by atoms with Gasteiger partial charge in [0.2, 0.25) is 10.0 Å². The molecule has 0 bridgehead atoms. The Bertz CT molecular complexity index is 531. The normalized spacial score (nSPS) is 13.4. The number of hydrogen-bond acceptors (Lipinski definition) is 5. The van der Waals surface area contributed by atoms with E-state index in [4.69, 9.17) is 15.2 Å². The minimum atomic E-state index is -3.59. The van der Waals surface area contributed by atoms with Crippen molar-refractivity contribution in [1.29, 1.82) is 0 Å². The summed E-state index contributed by atoms with van der Waals surface area (Å²) in [6.07, 6.45) is -0.326. The molecule has 0 saturated heterocycles. The number of rotatable bonds is 8. The maximum absolute atomic E-state index is 12.3. The molecule has 0 aliphatic carbocycles. The third-order valence-electron chi connectivity index (χ3n) is 2.96. The molecule has 7 heteroatoms. The molecule has 0 amide bonds. The van der Waals surface area contributed by atoms with E-state index >= 15 is 0 Å². The lowest BCUT2D eigenvalue weighted by Gasteiger charge is -2.16. The van der Waals surface area contributed by atoms with Crippen LogP contribution in [0.1, 0.15) is 11.1 Å². The zero-order valence-electron chi connectivity index (χ0n) is 12.0. The van der Waals surface area contributed by atoms with E-state index in [0.717, 1.165) is 5.56 Å². The summed E-state index contributed by atoms with van der Waals surface area (Å²) in [5.74, 6) is 0. The van der Waals surface area contributed by atoms with Gasteiger partial charge < -0.3 is 15.2 Å². The first-order valence-corrected chi connectivity index (χ1v) is 7.74. The second kappa shape index (κ2) is 7.70. The van der Waals surface area contributed by atoms with Crippen molar-refractivity contribution in [3.05, 3.63) is 29.3 Å². The van der Waals surface area contributed by atoms with Gasteiger partial charge in [0.25, 0.3) is 0 Å². The van der Waals surface area contributed by atoms with Gasteiger partial charge >= 0.3 is 0 Å². The fraction of sp³-hybridized carbons (Fsp3) is 0.538. The van der Waals surface area contributed by atoms with E-state index in [1.807, 2.05) is 6.07 Å². The molecule has 1 aromatic rings. The molecule has 114 valence electrons. The fourth-order valence-corrected chi connectivity index (χ4v) is 3.10. The van der Waals surface area contributed by atoms with E-state index in [1.165, 1.54) is 14.2 Å². The van der Waals surface area contributed by atoms with Gasteiger partial charge in [0.15, 0.2) is 0 Å². The lowest BCUT2D eigenvalue weighted by Crippen LogP contribution is -2.35. The zero-order chi connectivity index (χ0) is 15.2. The van der Waals surface area contributed by atoms with Crippen LogP contribution in [0.15, 0.2) is 23.1 Å². The lowest BCUT2D eigenvalue weighted by molar-refractivity contribution is 0.0320. The Morgan fingerprint density at radius 1 is 1.35 bits per heavy atom. The maximum Gasteiger partial charge on any atom is 0.240 e. The van der Waals surface area contributed by atoms with Crippen LogP contribution in [-0.2, 0) is 26.0 Å². The standard InChI is InChI=1S/C13H22N2O4S/c1-10-4-5-11(7-14)6-13(10)20(16,17)15-8-12(19-3)9-18-2/h4-6,12,15H,7-9,14H2,1-3H3. The Morgan fingerprint density at radius 2 is 2.05 bits per heavy atom. The van der Waals surface area contributed by atoms with Gasteiger partial charge in [-0.2, -0.15) is 0 Å². The molecule has 0 aliphatic rings. The lowest BCUT2D eigenvalue weighted by atomic mass is 10.1. The molecule has 1 unspecified atom stereocenters. The molecule has 0 radical (unpaired) electrons. The van der Waals surface area contributed by atoms with Gasteiger partial charge in [-0.05, 0) is 24.1 Å². The van der Waals surface area contributed by atoms with Gasteiger partial charge in [-0.3, -0.25) is 0 Å². The molecule has 0 aliphatic heterocycles. The predicted octanol–water partition coefficient (Wildman–Crippen LogP) is 0.393. The van der Waals surface area contributed by atoms with Gasteiger partial charge in [0.05, 0.1) is 17.6 Å². The van der Waals surface area contributed by atoms with E-state index in [1.54, 1.807) is 19.1 Å². The van der Waals surface area contributed by atoms with E-state index in [9.17, 15) is 8.42 Å². The Morgan fingerprint density at radius 3 is 2.60 bits per heavy atom. The van der Waals surface area contributed by atoms with E-state index in [2.05, 4.69) is 4.72 Å². The van der Waals surface area contributed by atoms with E-state index in [-0.39, 0.29) is 17.5 Å². The van der Waals surface area contributed by atoms with Gasteiger partial charge in [-0.15, -0.1) is 0 Å². The van der Waals surface area contributed by atoms with Crippen molar-refractivity contribution in [2.75, 3.05) is 27.4 Å². The average molecular weight is 302 g/mol. The Labute approximate surface area is 120 Å². The van der Waals surface area contributed by atoms with Gasteiger partial charge in [-0.25, -0.2) is 13.1 Å². The first-order valence-electron chi connectivity index (χ1n) is 6.25. The van der Waals surface area contributed by atoms with E-state index in [0.29, 0.717) is 18.7 Å². The quantitative estimate of drug-likeness (QED) is 0.725. The van der Waals surface area contributed by atoms with Crippen molar-refractivity contribution < 1.29 is 17.9 Å². The largest absolute Gasteiger partial charge is 0.382 e. The Kier molecular flexibility index (Phi) is 6.57. The highest BCUT2D eigenvalue weighted by atomic mass is 32.2. The number of nitrogens with two attached hydrogens (primary N) is 1. The fourth-order valence-electron chi connectivity index (χ4n) is 1.74. The van der Waals surface area contributed by atoms with Crippen LogP contribution in [0.3, 0.4) is 0 Å². The van der Waals surface area contributed by atoms with Crippen molar-refractivity contribution in [3.8, 4) is 0 Å². The summed E-state index contributed by atoms with van der Waals surface area (Å²) in [4.78, 5) is 0.243. The molecule has 0 aromatic heterocycles. The number of nitrogens with one attached hydrogen (secondary N) is 1. The number of ether oxygens (including phenoxy) is 2. The number of methoxy groups -OCH3 is 2. The molecule has 0 fully saturated rings. The van der Waals surface area contributed by atoms with Crippen molar-refractivity contribution in [2.45, 2.75) is 24.5 Å². The molecule has 1 aromatic carbocycles.